The average Bonchev–Trinajstić information content (AvgIpc) is 3.24. The molecule has 0 saturated carbocycles. The molecule has 1 aliphatic heterocycles. The maximum Gasteiger partial charge on any atom is 0.138 e. The lowest BCUT2D eigenvalue weighted by atomic mass is 9.93. The van der Waals surface area contributed by atoms with E-state index < -0.39 is 0 Å². The van der Waals surface area contributed by atoms with Gasteiger partial charge in [0.05, 0.1) is 10.7 Å². The van der Waals surface area contributed by atoms with E-state index in [-0.39, 0.29) is 0 Å². The fourth-order valence-electron chi connectivity index (χ4n) is 4.31. The number of aromatic nitrogens is 3. The SMILES string of the molecule is CN1CCC(c2cc3c(-c4nc(NCc5ccccc5)ccc4Cl)ccnc3[nH]2)CC1. The second kappa shape index (κ2) is 8.69. The molecule has 0 radical (unpaired) electrons. The van der Waals surface area contributed by atoms with E-state index in [4.69, 9.17) is 16.6 Å². The molecule has 0 aliphatic carbocycles. The van der Waals surface area contributed by atoms with E-state index in [0.717, 1.165) is 54.0 Å². The van der Waals surface area contributed by atoms with Crippen LogP contribution in [0.25, 0.3) is 22.3 Å². The summed E-state index contributed by atoms with van der Waals surface area (Å²) in [5.41, 5.74) is 5.15. The third-order valence-electron chi connectivity index (χ3n) is 6.13. The van der Waals surface area contributed by atoms with Gasteiger partial charge in [-0.2, -0.15) is 0 Å². The van der Waals surface area contributed by atoms with Gasteiger partial charge < -0.3 is 15.2 Å². The summed E-state index contributed by atoms with van der Waals surface area (Å²) in [4.78, 5) is 15.4. The third kappa shape index (κ3) is 4.29. The summed E-state index contributed by atoms with van der Waals surface area (Å²) in [6, 6.07) is 18.4. The molecule has 1 fully saturated rings. The topological polar surface area (TPSA) is 56.8 Å². The van der Waals surface area contributed by atoms with Crippen LogP contribution in [0.15, 0.2) is 60.8 Å². The Morgan fingerprint density at radius 1 is 1.10 bits per heavy atom. The summed E-state index contributed by atoms with van der Waals surface area (Å²) in [5, 5.41) is 5.12. The molecule has 5 nitrogen and oxygen atoms in total. The zero-order valence-corrected chi connectivity index (χ0v) is 18.4. The Hall–Kier alpha value is -2.89. The minimum atomic E-state index is 0.542. The predicted molar refractivity (Wildman–Crippen MR) is 128 cm³/mol. The molecule has 2 N–H and O–H groups in total. The van der Waals surface area contributed by atoms with E-state index in [1.54, 1.807) is 0 Å². The number of H-pyrrole nitrogens is 1. The molecule has 5 rings (SSSR count). The number of nitrogens with zero attached hydrogens (tertiary/aromatic N) is 3. The molecule has 1 aromatic carbocycles. The van der Waals surface area contributed by atoms with Crippen LogP contribution >= 0.6 is 11.6 Å². The highest BCUT2D eigenvalue weighted by molar-refractivity contribution is 6.33. The smallest absolute Gasteiger partial charge is 0.138 e. The number of hydrogen-bond acceptors (Lipinski definition) is 4. The van der Waals surface area contributed by atoms with Crippen molar-refractivity contribution in [3.8, 4) is 11.3 Å². The molecule has 4 aromatic rings. The van der Waals surface area contributed by atoms with Crippen molar-refractivity contribution in [2.45, 2.75) is 25.3 Å². The number of benzene rings is 1. The summed E-state index contributed by atoms with van der Waals surface area (Å²) in [6.45, 7) is 2.97. The highest BCUT2D eigenvalue weighted by Crippen LogP contribution is 2.35. The summed E-state index contributed by atoms with van der Waals surface area (Å²) >= 11 is 6.59. The van der Waals surface area contributed by atoms with Crippen LogP contribution in [0.5, 0.6) is 0 Å². The van der Waals surface area contributed by atoms with Gasteiger partial charge in [-0.15, -0.1) is 0 Å². The van der Waals surface area contributed by atoms with Crippen molar-refractivity contribution < 1.29 is 0 Å². The zero-order chi connectivity index (χ0) is 21.2. The van der Waals surface area contributed by atoms with Crippen LogP contribution in [0.3, 0.4) is 0 Å². The molecule has 1 saturated heterocycles. The van der Waals surface area contributed by atoms with E-state index in [1.165, 1.54) is 11.3 Å². The predicted octanol–water partition coefficient (Wildman–Crippen LogP) is 5.70. The molecule has 4 heterocycles. The van der Waals surface area contributed by atoms with Gasteiger partial charge in [0.1, 0.15) is 11.5 Å². The van der Waals surface area contributed by atoms with Gasteiger partial charge in [-0.3, -0.25) is 0 Å². The van der Waals surface area contributed by atoms with Crippen molar-refractivity contribution in [1.82, 2.24) is 19.9 Å². The first-order valence-electron chi connectivity index (χ1n) is 10.8. The second-order valence-electron chi connectivity index (χ2n) is 8.29. The van der Waals surface area contributed by atoms with Gasteiger partial charge in [-0.1, -0.05) is 41.9 Å². The Bertz CT molecular complexity index is 1180. The molecule has 0 amide bonds. The molecule has 0 atom stereocenters. The molecule has 158 valence electrons. The first-order chi connectivity index (χ1) is 15.2. The van der Waals surface area contributed by atoms with Gasteiger partial charge in [-0.05, 0) is 62.8 Å². The summed E-state index contributed by atoms with van der Waals surface area (Å²) in [7, 11) is 2.19. The van der Waals surface area contributed by atoms with Crippen LogP contribution in [0, 0.1) is 0 Å². The maximum atomic E-state index is 6.59. The Labute approximate surface area is 187 Å². The minimum Gasteiger partial charge on any atom is -0.366 e. The van der Waals surface area contributed by atoms with E-state index in [2.05, 4.69) is 45.4 Å². The van der Waals surface area contributed by atoms with Gasteiger partial charge in [0.15, 0.2) is 0 Å². The number of pyridine rings is 2. The average molecular weight is 432 g/mol. The van der Waals surface area contributed by atoms with E-state index >= 15 is 0 Å². The minimum absolute atomic E-state index is 0.542. The first kappa shape index (κ1) is 20.0. The fraction of sp³-hybridized carbons (Fsp3) is 0.280. The normalized spacial score (nSPS) is 15.4. The maximum absolute atomic E-state index is 6.59. The summed E-state index contributed by atoms with van der Waals surface area (Å²) in [6.07, 6.45) is 4.15. The van der Waals surface area contributed by atoms with Crippen molar-refractivity contribution >= 4 is 28.5 Å². The van der Waals surface area contributed by atoms with Crippen molar-refractivity contribution in [1.29, 1.82) is 0 Å². The Balaban J connectivity index is 1.45. The molecular formula is C25H26ClN5. The monoisotopic (exact) mass is 431 g/mol. The molecule has 1 aliphatic rings. The van der Waals surface area contributed by atoms with E-state index in [9.17, 15) is 0 Å². The number of rotatable bonds is 5. The summed E-state index contributed by atoms with van der Waals surface area (Å²) < 4.78 is 0. The number of piperidine rings is 1. The number of halogens is 1. The molecule has 31 heavy (non-hydrogen) atoms. The van der Waals surface area contributed by atoms with Gasteiger partial charge in [0.25, 0.3) is 0 Å². The molecule has 0 unspecified atom stereocenters. The lowest BCUT2D eigenvalue weighted by Gasteiger charge is -2.28. The van der Waals surface area contributed by atoms with Crippen molar-refractivity contribution in [3.63, 3.8) is 0 Å². The van der Waals surface area contributed by atoms with Crippen LogP contribution in [0.4, 0.5) is 5.82 Å². The van der Waals surface area contributed by atoms with Gasteiger partial charge >= 0.3 is 0 Å². The summed E-state index contributed by atoms with van der Waals surface area (Å²) in [5.74, 6) is 1.35. The zero-order valence-electron chi connectivity index (χ0n) is 17.6. The van der Waals surface area contributed by atoms with Crippen LogP contribution in [-0.2, 0) is 6.54 Å². The Morgan fingerprint density at radius 2 is 1.90 bits per heavy atom. The Kier molecular flexibility index (Phi) is 5.62. The van der Waals surface area contributed by atoms with Crippen LogP contribution in [-0.4, -0.2) is 40.0 Å². The highest BCUT2D eigenvalue weighted by atomic mass is 35.5. The van der Waals surface area contributed by atoms with Gasteiger partial charge in [-0.25, -0.2) is 9.97 Å². The number of aromatic amines is 1. The Morgan fingerprint density at radius 3 is 2.71 bits per heavy atom. The standard InChI is InChI=1S/C25H26ClN5/c1-31-13-10-18(11-14-31)22-15-20-19(9-12-27-25(20)29-22)24-21(26)7-8-23(30-24)28-16-17-5-3-2-4-6-17/h2-9,12,15,18H,10-11,13-14,16H2,1H3,(H,27,29)(H,28,30). The van der Waals surface area contributed by atoms with Crippen molar-refractivity contribution in [2.75, 3.05) is 25.5 Å². The lowest BCUT2D eigenvalue weighted by molar-refractivity contribution is 0.254. The van der Waals surface area contributed by atoms with Crippen LogP contribution < -0.4 is 5.32 Å². The molecule has 0 bridgehead atoms. The largest absolute Gasteiger partial charge is 0.366 e. The van der Waals surface area contributed by atoms with E-state index in [0.29, 0.717) is 17.5 Å². The highest BCUT2D eigenvalue weighted by Gasteiger charge is 2.21. The van der Waals surface area contributed by atoms with Crippen molar-refractivity contribution in [2.24, 2.45) is 0 Å². The number of fused-ring (bicyclic) bond motifs is 1. The number of anilines is 1. The molecular weight excluding hydrogens is 406 g/mol. The molecule has 6 heteroatoms. The third-order valence-corrected chi connectivity index (χ3v) is 6.43. The first-order valence-corrected chi connectivity index (χ1v) is 11.2. The lowest BCUT2D eigenvalue weighted by Crippen LogP contribution is -2.29. The molecule has 0 spiro atoms. The fourth-order valence-corrected chi connectivity index (χ4v) is 4.52. The van der Waals surface area contributed by atoms with Gasteiger partial charge in [0.2, 0.25) is 0 Å². The quantitative estimate of drug-likeness (QED) is 0.425. The number of likely N-dealkylation sites (tertiary alicyclic amines) is 1. The van der Waals surface area contributed by atoms with Crippen molar-refractivity contribution in [3.05, 3.63) is 77.1 Å². The van der Waals surface area contributed by atoms with Gasteiger partial charge in [0, 0.05) is 35.3 Å². The van der Waals surface area contributed by atoms with Crippen LogP contribution in [0.1, 0.15) is 30.0 Å². The number of hydrogen-bond donors (Lipinski definition) is 2. The second-order valence-corrected chi connectivity index (χ2v) is 8.70. The van der Waals surface area contributed by atoms with E-state index in [1.807, 2.05) is 42.6 Å². The van der Waals surface area contributed by atoms with Crippen LogP contribution in [0.2, 0.25) is 5.02 Å². The number of nitrogens with one attached hydrogen (secondary N) is 2. The molecule has 3 aromatic heterocycles.